The molecule has 0 saturated carbocycles. The van der Waals surface area contributed by atoms with Crippen molar-refractivity contribution < 1.29 is 42.9 Å². The molecule has 1 saturated heterocycles. The molecule has 6 N–H and O–H groups in total. The maximum atomic E-state index is 13.0. The van der Waals surface area contributed by atoms with Crippen LogP contribution in [-0.4, -0.2) is 82.6 Å². The Morgan fingerprint density at radius 3 is 2.14 bits per heavy atom. The molecule has 1 fully saturated rings. The number of ether oxygens (including phenoxy) is 3. The van der Waals surface area contributed by atoms with E-state index in [9.17, 15) is 24.9 Å². The number of rotatable bonds is 29. The van der Waals surface area contributed by atoms with Crippen LogP contribution in [0.1, 0.15) is 134 Å². The lowest BCUT2D eigenvalue weighted by Crippen LogP contribution is -2.45. The standard InChI is InChI=1S/C41H66N5O9P/c1-3-4-5-6-7-8-9-10-11-12-13-14-15-16-17-21-26-51-28-34(52-27-33-22-19-18-20-23-33)29-53-56(49,50)54-30-36-38(47)39(48)41(31-42,55-36)37-25-24-35-40(43)44-32(2)45-46(35)37/h18-20,22-25,32,34,36,38-39,45,47-48H,3-17,21,26-30H2,1-2H3,(H2,43,44)(H,49,50)/t32?,34-,36-,38-,39-,41+/m1/s1. The molecule has 314 valence electrons. The predicted molar refractivity (Wildman–Crippen MR) is 215 cm³/mol. The Balaban J connectivity index is 1.16. The number of nitrogens with two attached hydrogens (primary N) is 1. The van der Waals surface area contributed by atoms with Crippen molar-refractivity contribution in [3.05, 3.63) is 59.4 Å². The summed E-state index contributed by atoms with van der Waals surface area (Å²) in [6.07, 6.45) is 14.8. The molecule has 0 aliphatic carbocycles. The molecule has 56 heavy (non-hydrogen) atoms. The summed E-state index contributed by atoms with van der Waals surface area (Å²) in [4.78, 5) is 14.8. The molecule has 0 radical (unpaired) electrons. The molecule has 2 aromatic rings. The van der Waals surface area contributed by atoms with E-state index in [4.69, 9.17) is 29.0 Å². The van der Waals surface area contributed by atoms with E-state index in [1.54, 1.807) is 13.0 Å². The van der Waals surface area contributed by atoms with Gasteiger partial charge in [-0.25, -0.2) is 9.56 Å². The Bertz CT molecular complexity index is 1540. The lowest BCUT2D eigenvalue weighted by atomic mass is 9.92. The van der Waals surface area contributed by atoms with E-state index in [1.807, 2.05) is 36.4 Å². The molecule has 14 nitrogen and oxygen atoms in total. The first kappa shape index (κ1) is 45.9. The van der Waals surface area contributed by atoms with Crippen molar-refractivity contribution in [2.45, 2.75) is 159 Å². The average molecular weight is 804 g/mol. The van der Waals surface area contributed by atoms with Crippen LogP contribution in [0.2, 0.25) is 0 Å². The number of benzene rings is 1. The van der Waals surface area contributed by atoms with Gasteiger partial charge in [0.15, 0.2) is 0 Å². The SMILES string of the molecule is CCCCCCCCCCCCCCCCCCOC[C@H](COP(=O)(O)OC[C@H]1O[C@@](C#N)(c2ccc3n2NC(C)N=C3N)[C@H](O)[C@@H]1O)OCc1ccccc1. The maximum absolute atomic E-state index is 13.0. The number of aromatic nitrogens is 1. The van der Waals surface area contributed by atoms with E-state index in [0.717, 1.165) is 18.4 Å². The molecule has 2 unspecified atom stereocenters. The van der Waals surface area contributed by atoms with E-state index in [2.05, 4.69) is 17.3 Å². The Morgan fingerprint density at radius 2 is 1.54 bits per heavy atom. The number of aliphatic hydroxyl groups excluding tert-OH is 2. The fraction of sp³-hybridized carbons (Fsp3) is 0.707. The molecule has 0 spiro atoms. The van der Waals surface area contributed by atoms with Crippen molar-refractivity contribution >= 4 is 13.7 Å². The van der Waals surface area contributed by atoms with Crippen LogP contribution in [0.3, 0.4) is 0 Å². The first-order valence-electron chi connectivity index (χ1n) is 20.7. The van der Waals surface area contributed by atoms with Gasteiger partial charge in [0, 0.05) is 6.61 Å². The number of hydrogen-bond acceptors (Lipinski definition) is 12. The maximum Gasteiger partial charge on any atom is 0.472 e. The molecule has 1 aromatic heterocycles. The number of aliphatic hydroxyl groups is 2. The number of nitriles is 1. The first-order valence-corrected chi connectivity index (χ1v) is 22.2. The third kappa shape index (κ3) is 14.2. The van der Waals surface area contributed by atoms with Crippen LogP contribution in [0.15, 0.2) is 47.5 Å². The number of hydrogen-bond donors (Lipinski definition) is 5. The van der Waals surface area contributed by atoms with E-state index < -0.39 is 50.6 Å². The molecule has 3 heterocycles. The largest absolute Gasteiger partial charge is 0.472 e. The molecule has 0 bridgehead atoms. The number of aliphatic imine (C=N–C) groups is 1. The molecule has 2 aliphatic heterocycles. The minimum Gasteiger partial charge on any atom is -0.387 e. The Hall–Kier alpha value is -2.83. The van der Waals surface area contributed by atoms with Gasteiger partial charge in [0.05, 0.1) is 32.1 Å². The van der Waals surface area contributed by atoms with Gasteiger partial charge in [-0.2, -0.15) is 5.26 Å². The number of phosphoric ester groups is 1. The molecule has 4 rings (SSSR count). The summed E-state index contributed by atoms with van der Waals surface area (Å²) in [6, 6.07) is 14.6. The third-order valence-corrected chi connectivity index (χ3v) is 11.3. The zero-order valence-electron chi connectivity index (χ0n) is 33.4. The zero-order chi connectivity index (χ0) is 40.2. The third-order valence-electron chi connectivity index (χ3n) is 10.4. The number of nitrogens with zero attached hydrogens (tertiary/aromatic N) is 3. The molecular formula is C41H66N5O9P. The minimum atomic E-state index is -4.71. The van der Waals surface area contributed by atoms with Crippen LogP contribution in [0.25, 0.3) is 0 Å². The van der Waals surface area contributed by atoms with Crippen LogP contribution in [-0.2, 0) is 40.0 Å². The van der Waals surface area contributed by atoms with Crippen LogP contribution >= 0.6 is 7.82 Å². The highest BCUT2D eigenvalue weighted by Crippen LogP contribution is 2.46. The van der Waals surface area contributed by atoms with E-state index in [-0.39, 0.29) is 31.4 Å². The Kier molecular flexibility index (Phi) is 19.8. The zero-order valence-corrected chi connectivity index (χ0v) is 34.3. The van der Waals surface area contributed by atoms with Crippen LogP contribution in [0, 0.1) is 11.3 Å². The summed E-state index contributed by atoms with van der Waals surface area (Å²) in [5.41, 5.74) is 8.60. The molecule has 2 aliphatic rings. The summed E-state index contributed by atoms with van der Waals surface area (Å²) in [5.74, 6) is 0.221. The van der Waals surface area contributed by atoms with Gasteiger partial charge >= 0.3 is 7.82 Å². The first-order chi connectivity index (χ1) is 27.1. The molecular weight excluding hydrogens is 737 g/mol. The lowest BCUT2D eigenvalue weighted by Gasteiger charge is -2.30. The molecule has 7 atom stereocenters. The highest BCUT2D eigenvalue weighted by atomic mass is 31.2. The van der Waals surface area contributed by atoms with E-state index >= 15 is 0 Å². The van der Waals surface area contributed by atoms with Gasteiger partial charge in [0.1, 0.15) is 48.2 Å². The predicted octanol–water partition coefficient (Wildman–Crippen LogP) is 6.93. The smallest absolute Gasteiger partial charge is 0.387 e. The highest BCUT2D eigenvalue weighted by molar-refractivity contribution is 7.47. The van der Waals surface area contributed by atoms with Crippen molar-refractivity contribution in [2.75, 3.05) is 31.9 Å². The summed E-state index contributed by atoms with van der Waals surface area (Å²) in [5, 5.41) is 32.1. The van der Waals surface area contributed by atoms with Crippen molar-refractivity contribution in [2.24, 2.45) is 10.7 Å². The second kappa shape index (κ2) is 24.2. The van der Waals surface area contributed by atoms with Gasteiger partial charge < -0.3 is 40.5 Å². The second-order valence-electron chi connectivity index (χ2n) is 15.1. The average Bonchev–Trinajstić information content (AvgIpc) is 3.73. The van der Waals surface area contributed by atoms with Gasteiger partial charge in [-0.3, -0.25) is 13.7 Å². The molecule has 0 amide bonds. The fourth-order valence-electron chi connectivity index (χ4n) is 7.15. The Morgan fingerprint density at radius 1 is 0.929 bits per heavy atom. The Labute approximate surface area is 333 Å². The normalized spacial score (nSPS) is 23.5. The van der Waals surface area contributed by atoms with Gasteiger partial charge in [-0.05, 0) is 31.0 Å². The number of phosphoric acid groups is 1. The van der Waals surface area contributed by atoms with Crippen molar-refractivity contribution in [1.29, 1.82) is 5.26 Å². The number of nitrogens with one attached hydrogen (secondary N) is 1. The van der Waals surface area contributed by atoms with Crippen molar-refractivity contribution in [1.82, 2.24) is 4.68 Å². The van der Waals surface area contributed by atoms with Crippen LogP contribution < -0.4 is 11.2 Å². The van der Waals surface area contributed by atoms with Gasteiger partial charge in [-0.15, -0.1) is 0 Å². The summed E-state index contributed by atoms with van der Waals surface area (Å²) >= 11 is 0. The summed E-state index contributed by atoms with van der Waals surface area (Å²) in [6.45, 7) is 3.99. The fourth-order valence-corrected chi connectivity index (χ4v) is 7.92. The number of unbranched alkanes of at least 4 members (excludes halogenated alkanes) is 15. The summed E-state index contributed by atoms with van der Waals surface area (Å²) in [7, 11) is -4.71. The second-order valence-corrected chi connectivity index (χ2v) is 16.5. The number of fused-ring (bicyclic) bond motifs is 1. The van der Waals surface area contributed by atoms with Crippen LogP contribution in [0.4, 0.5) is 0 Å². The number of amidine groups is 1. The van der Waals surface area contributed by atoms with E-state index in [1.165, 1.54) is 101 Å². The molecule has 1 aromatic carbocycles. The minimum absolute atomic E-state index is 0.149. The topological polar surface area (TPSA) is 203 Å². The molecule has 15 heteroatoms. The van der Waals surface area contributed by atoms with Crippen molar-refractivity contribution in [3.63, 3.8) is 0 Å². The van der Waals surface area contributed by atoms with E-state index in [0.29, 0.717) is 12.3 Å². The van der Waals surface area contributed by atoms with Crippen LogP contribution in [0.5, 0.6) is 0 Å². The van der Waals surface area contributed by atoms with Gasteiger partial charge in [0.2, 0.25) is 5.60 Å². The van der Waals surface area contributed by atoms with Crippen molar-refractivity contribution in [3.8, 4) is 6.07 Å². The quantitative estimate of drug-likeness (QED) is 0.0420. The van der Waals surface area contributed by atoms with Gasteiger partial charge in [0.25, 0.3) is 0 Å². The lowest BCUT2D eigenvalue weighted by molar-refractivity contribution is -0.0693. The van der Waals surface area contributed by atoms with Gasteiger partial charge in [-0.1, -0.05) is 134 Å². The highest BCUT2D eigenvalue weighted by Gasteiger charge is 2.58. The summed E-state index contributed by atoms with van der Waals surface area (Å²) < 4.78 is 42.8. The monoisotopic (exact) mass is 803 g/mol.